The molecule has 5 rings (SSSR count). The maximum atomic E-state index is 13.3. The molecule has 0 radical (unpaired) electrons. The van der Waals surface area contributed by atoms with Crippen molar-refractivity contribution in [1.82, 2.24) is 10.3 Å². The molecule has 0 saturated carbocycles. The fourth-order valence-corrected chi connectivity index (χ4v) is 4.26. The Balaban J connectivity index is 0.00000289. The van der Waals surface area contributed by atoms with Crippen LogP contribution >= 0.6 is 0 Å². The van der Waals surface area contributed by atoms with Crippen LogP contribution in [0.2, 0.25) is 0 Å². The molecule has 0 unspecified atom stereocenters. The highest BCUT2D eigenvalue weighted by Crippen LogP contribution is 2.31. The van der Waals surface area contributed by atoms with Gasteiger partial charge in [0.25, 0.3) is 5.91 Å². The Labute approximate surface area is 198 Å². The molecule has 0 spiro atoms. The van der Waals surface area contributed by atoms with Crippen molar-refractivity contribution < 1.29 is 20.5 Å². The molecule has 2 aromatic heterocycles. The van der Waals surface area contributed by atoms with E-state index in [1.807, 2.05) is 73.8 Å². The summed E-state index contributed by atoms with van der Waals surface area (Å²) in [6.45, 7) is 2.13. The molecular weight excluding hydrogens is 428 g/mol. The maximum Gasteiger partial charge on any atom is 0.255 e. The summed E-state index contributed by atoms with van der Waals surface area (Å²) in [5, 5.41) is 15.1. The van der Waals surface area contributed by atoms with Crippen molar-refractivity contribution in [3.63, 3.8) is 0 Å². The highest BCUT2D eigenvalue weighted by Gasteiger charge is 2.20. The number of aliphatic hydroxyl groups is 1. The van der Waals surface area contributed by atoms with Crippen LogP contribution in [-0.2, 0) is 6.42 Å². The number of carbonyl (C=O) groups is 1. The van der Waals surface area contributed by atoms with Crippen LogP contribution in [0.15, 0.2) is 83.4 Å². The topological polar surface area (TPSA) is 87.5 Å². The highest BCUT2D eigenvalue weighted by molar-refractivity contribution is 5.98. The SMILES string of the molecule is CCOc1ccc(-c2cc3ccccc3o2)cc1C(=O)N[C@@H](CO)Cc1c[nH]c2ccccc12.[HH]. The van der Waals surface area contributed by atoms with Crippen LogP contribution in [0.5, 0.6) is 5.75 Å². The zero-order valence-corrected chi connectivity index (χ0v) is 18.9. The number of H-pyrrole nitrogens is 1. The van der Waals surface area contributed by atoms with Gasteiger partial charge < -0.3 is 24.6 Å². The minimum atomic E-state index is -0.448. The van der Waals surface area contributed by atoms with Gasteiger partial charge in [0.15, 0.2) is 0 Å². The Morgan fingerprint density at radius 1 is 1.12 bits per heavy atom. The predicted octanol–water partition coefficient (Wildman–Crippen LogP) is 5.56. The highest BCUT2D eigenvalue weighted by atomic mass is 16.5. The number of aromatic amines is 1. The largest absolute Gasteiger partial charge is 0.493 e. The molecule has 5 aromatic rings. The van der Waals surface area contributed by atoms with E-state index in [-0.39, 0.29) is 13.9 Å². The van der Waals surface area contributed by atoms with Crippen LogP contribution in [0.25, 0.3) is 33.2 Å². The molecule has 0 fully saturated rings. The van der Waals surface area contributed by atoms with Crippen LogP contribution in [0.4, 0.5) is 0 Å². The second-order valence-corrected chi connectivity index (χ2v) is 8.21. The molecule has 6 heteroatoms. The molecule has 0 aliphatic rings. The number of hydrogen-bond acceptors (Lipinski definition) is 4. The molecular formula is C28H28N2O4. The molecule has 0 saturated heterocycles. The van der Waals surface area contributed by atoms with Crippen LogP contribution in [0.3, 0.4) is 0 Å². The smallest absolute Gasteiger partial charge is 0.255 e. The Morgan fingerprint density at radius 2 is 1.94 bits per heavy atom. The fraction of sp³-hybridized carbons (Fsp3) is 0.179. The van der Waals surface area contributed by atoms with Crippen LogP contribution in [-0.4, -0.2) is 35.3 Å². The average Bonchev–Trinajstić information content (AvgIpc) is 3.48. The van der Waals surface area contributed by atoms with Gasteiger partial charge in [-0.25, -0.2) is 0 Å². The average molecular weight is 457 g/mol. The number of aromatic nitrogens is 1. The van der Waals surface area contributed by atoms with Crippen molar-refractivity contribution >= 4 is 27.8 Å². The van der Waals surface area contributed by atoms with Crippen LogP contribution in [0, 0.1) is 0 Å². The first-order valence-electron chi connectivity index (χ1n) is 11.4. The number of amides is 1. The molecule has 3 aromatic carbocycles. The molecule has 0 bridgehead atoms. The number of fused-ring (bicyclic) bond motifs is 2. The normalized spacial score (nSPS) is 12.2. The summed E-state index contributed by atoms with van der Waals surface area (Å²) in [5.74, 6) is 0.861. The third kappa shape index (κ3) is 4.28. The van der Waals surface area contributed by atoms with E-state index in [0.717, 1.165) is 33.0 Å². The summed E-state index contributed by atoms with van der Waals surface area (Å²) in [4.78, 5) is 16.6. The number of aliphatic hydroxyl groups excluding tert-OH is 1. The number of nitrogens with one attached hydrogen (secondary N) is 2. The van der Waals surface area contributed by atoms with Gasteiger partial charge in [-0.2, -0.15) is 0 Å². The zero-order valence-electron chi connectivity index (χ0n) is 18.9. The number of carbonyl (C=O) groups excluding carboxylic acids is 1. The minimum absolute atomic E-state index is 0. The van der Waals surface area contributed by atoms with Crippen LogP contribution in [0.1, 0.15) is 24.3 Å². The molecule has 1 atom stereocenters. The monoisotopic (exact) mass is 456 g/mol. The molecule has 174 valence electrons. The Morgan fingerprint density at radius 3 is 2.76 bits per heavy atom. The quantitative estimate of drug-likeness (QED) is 0.285. The summed E-state index contributed by atoms with van der Waals surface area (Å²) in [7, 11) is 0. The number of furan rings is 1. The zero-order chi connectivity index (χ0) is 23.5. The lowest BCUT2D eigenvalue weighted by atomic mass is 10.0. The number of hydrogen-bond donors (Lipinski definition) is 3. The van der Waals surface area contributed by atoms with E-state index in [1.54, 1.807) is 12.1 Å². The molecule has 34 heavy (non-hydrogen) atoms. The van der Waals surface area contributed by atoms with Crippen molar-refractivity contribution in [2.45, 2.75) is 19.4 Å². The summed E-state index contributed by atoms with van der Waals surface area (Å²) in [6, 6.07) is 22.7. The van der Waals surface area contributed by atoms with E-state index in [2.05, 4.69) is 10.3 Å². The Hall–Kier alpha value is -4.03. The van der Waals surface area contributed by atoms with Gasteiger partial charge in [-0.05, 0) is 55.3 Å². The first-order chi connectivity index (χ1) is 16.7. The first-order valence-corrected chi connectivity index (χ1v) is 11.4. The number of ether oxygens (including phenoxy) is 1. The lowest BCUT2D eigenvalue weighted by molar-refractivity contribution is 0.0913. The summed E-state index contributed by atoms with van der Waals surface area (Å²) < 4.78 is 11.7. The summed E-state index contributed by atoms with van der Waals surface area (Å²) in [6.07, 6.45) is 2.42. The molecule has 2 heterocycles. The van der Waals surface area contributed by atoms with E-state index < -0.39 is 6.04 Å². The van der Waals surface area contributed by atoms with Gasteiger partial charge in [-0.3, -0.25) is 4.79 Å². The third-order valence-corrected chi connectivity index (χ3v) is 5.93. The van der Waals surface area contributed by atoms with Crippen molar-refractivity contribution in [2.24, 2.45) is 0 Å². The molecule has 6 nitrogen and oxygen atoms in total. The Bertz CT molecular complexity index is 1420. The summed E-state index contributed by atoms with van der Waals surface area (Å²) >= 11 is 0. The van der Waals surface area contributed by atoms with Crippen molar-refractivity contribution in [3.05, 3.63) is 90.1 Å². The third-order valence-electron chi connectivity index (χ3n) is 5.93. The van der Waals surface area contributed by atoms with Gasteiger partial charge in [0.2, 0.25) is 0 Å². The van der Waals surface area contributed by atoms with E-state index in [9.17, 15) is 9.90 Å². The molecule has 3 N–H and O–H groups in total. The fourth-order valence-electron chi connectivity index (χ4n) is 4.26. The van der Waals surface area contributed by atoms with Gasteiger partial charge in [0.1, 0.15) is 17.1 Å². The predicted molar refractivity (Wildman–Crippen MR) is 135 cm³/mol. The molecule has 0 aliphatic heterocycles. The summed E-state index contributed by atoms with van der Waals surface area (Å²) in [5.41, 5.74) is 4.03. The number of para-hydroxylation sites is 2. The second kappa shape index (κ2) is 9.45. The van der Waals surface area contributed by atoms with Crippen molar-refractivity contribution in [2.75, 3.05) is 13.2 Å². The van der Waals surface area contributed by atoms with Gasteiger partial charge in [-0.15, -0.1) is 0 Å². The van der Waals surface area contributed by atoms with Crippen molar-refractivity contribution in [3.8, 4) is 17.1 Å². The van der Waals surface area contributed by atoms with Gasteiger partial charge in [0, 0.05) is 29.5 Å². The second-order valence-electron chi connectivity index (χ2n) is 8.21. The van der Waals surface area contributed by atoms with E-state index in [0.29, 0.717) is 30.1 Å². The van der Waals surface area contributed by atoms with Crippen molar-refractivity contribution in [1.29, 1.82) is 0 Å². The standard InChI is InChI=1S/C28H26N2O4.H2/c1-2-33-26-12-11-19(27-15-18-7-3-6-10-25(18)34-27)14-23(26)28(32)30-21(17-31)13-20-16-29-24-9-5-4-8-22(20)24;/h3-12,14-16,21,29,31H,2,13,17H2,1H3,(H,30,32);1H/t21-;/m1./s1. The lowest BCUT2D eigenvalue weighted by Gasteiger charge is -2.18. The maximum absolute atomic E-state index is 13.3. The van der Waals surface area contributed by atoms with E-state index in [4.69, 9.17) is 9.15 Å². The first kappa shape index (κ1) is 21.8. The van der Waals surface area contributed by atoms with E-state index >= 15 is 0 Å². The minimum Gasteiger partial charge on any atom is -0.493 e. The van der Waals surface area contributed by atoms with Gasteiger partial charge in [0.05, 0.1) is 24.8 Å². The molecule has 1 amide bonds. The molecule has 0 aliphatic carbocycles. The van der Waals surface area contributed by atoms with Gasteiger partial charge in [-0.1, -0.05) is 36.4 Å². The number of benzene rings is 3. The Kier molecular flexibility index (Phi) is 6.06. The van der Waals surface area contributed by atoms with E-state index in [1.165, 1.54) is 0 Å². The van der Waals surface area contributed by atoms with Gasteiger partial charge >= 0.3 is 0 Å². The lowest BCUT2D eigenvalue weighted by Crippen LogP contribution is -2.39. The van der Waals surface area contributed by atoms with Crippen LogP contribution < -0.4 is 10.1 Å². The number of rotatable bonds is 8.